The molecule has 0 aliphatic carbocycles. The summed E-state index contributed by atoms with van der Waals surface area (Å²) in [6, 6.07) is 2.17. The average Bonchev–Trinajstić information content (AvgIpc) is 2.38. The Kier molecular flexibility index (Phi) is 5.83. The van der Waals surface area contributed by atoms with Crippen molar-refractivity contribution in [2.75, 3.05) is 0 Å². The van der Waals surface area contributed by atoms with E-state index in [4.69, 9.17) is 5.11 Å². The lowest BCUT2D eigenvalue weighted by molar-refractivity contribution is -0.141. The van der Waals surface area contributed by atoms with Gasteiger partial charge in [0.2, 0.25) is 5.91 Å². The van der Waals surface area contributed by atoms with Crippen molar-refractivity contribution >= 4 is 11.9 Å². The molecule has 0 heterocycles. The lowest BCUT2D eigenvalue weighted by Gasteiger charge is -2.14. The molecule has 108 valence electrons. The molecule has 6 heteroatoms. The van der Waals surface area contributed by atoms with Gasteiger partial charge in [-0.1, -0.05) is 12.1 Å². The second-order valence-corrected chi connectivity index (χ2v) is 4.20. The molecule has 0 bridgehead atoms. The zero-order valence-corrected chi connectivity index (χ0v) is 10.7. The van der Waals surface area contributed by atoms with E-state index in [1.165, 1.54) is 12.1 Å². The maximum Gasteiger partial charge on any atom is 0.326 e. The number of aliphatic carboxylic acids is 1. The van der Waals surface area contributed by atoms with E-state index in [-0.39, 0.29) is 12.0 Å². The Morgan fingerprint density at radius 3 is 2.45 bits per heavy atom. The van der Waals surface area contributed by atoms with Crippen molar-refractivity contribution in [2.24, 2.45) is 0 Å². The van der Waals surface area contributed by atoms with Crippen molar-refractivity contribution in [1.29, 1.82) is 0 Å². The van der Waals surface area contributed by atoms with Gasteiger partial charge in [-0.05, 0) is 25.0 Å². The number of allylic oxidation sites excluding steroid dienone is 1. The maximum atomic E-state index is 13.4. The number of benzene rings is 1. The number of amides is 1. The number of carboxylic acid groups (broad SMARTS) is 1. The smallest absolute Gasteiger partial charge is 0.326 e. The van der Waals surface area contributed by atoms with Crippen molar-refractivity contribution < 1.29 is 23.5 Å². The average molecular weight is 283 g/mol. The number of carboxylic acids is 1. The molecule has 1 amide bonds. The fraction of sp³-hybridized carbons (Fsp3) is 0.286. The number of hydrogen-bond donors (Lipinski definition) is 2. The van der Waals surface area contributed by atoms with Gasteiger partial charge in [0.05, 0.1) is 6.42 Å². The minimum Gasteiger partial charge on any atom is -0.480 e. The first-order chi connectivity index (χ1) is 9.45. The summed E-state index contributed by atoms with van der Waals surface area (Å²) < 4.78 is 26.7. The van der Waals surface area contributed by atoms with Crippen molar-refractivity contribution in [1.82, 2.24) is 5.32 Å². The molecule has 1 aromatic rings. The monoisotopic (exact) mass is 283 g/mol. The molecule has 1 rings (SSSR count). The first-order valence-electron chi connectivity index (χ1n) is 6.01. The lowest BCUT2D eigenvalue weighted by Crippen LogP contribution is -2.41. The van der Waals surface area contributed by atoms with Gasteiger partial charge in [-0.15, -0.1) is 6.58 Å². The van der Waals surface area contributed by atoms with E-state index in [2.05, 4.69) is 11.9 Å². The highest BCUT2D eigenvalue weighted by Gasteiger charge is 2.20. The first kappa shape index (κ1) is 15.8. The van der Waals surface area contributed by atoms with Crippen LogP contribution in [0.15, 0.2) is 30.9 Å². The van der Waals surface area contributed by atoms with Crippen LogP contribution in [-0.2, 0) is 16.0 Å². The zero-order chi connectivity index (χ0) is 15.1. The van der Waals surface area contributed by atoms with Gasteiger partial charge in [-0.25, -0.2) is 13.6 Å². The van der Waals surface area contributed by atoms with Crippen LogP contribution in [0.4, 0.5) is 8.78 Å². The number of rotatable bonds is 7. The molecule has 1 atom stereocenters. The lowest BCUT2D eigenvalue weighted by atomic mass is 10.1. The third-order valence-corrected chi connectivity index (χ3v) is 2.69. The predicted octanol–water partition coefficient (Wildman–Crippen LogP) is 2.04. The van der Waals surface area contributed by atoms with Gasteiger partial charge in [0.1, 0.15) is 17.7 Å². The molecule has 0 fully saturated rings. The van der Waals surface area contributed by atoms with Crippen molar-refractivity contribution in [3.05, 3.63) is 48.1 Å². The number of hydrogen-bond acceptors (Lipinski definition) is 2. The number of halogens is 2. The first-order valence-corrected chi connectivity index (χ1v) is 6.01. The van der Waals surface area contributed by atoms with E-state index in [0.717, 1.165) is 12.1 Å². The summed E-state index contributed by atoms with van der Waals surface area (Å²) in [5.41, 5.74) is -0.377. The second-order valence-electron chi connectivity index (χ2n) is 4.20. The summed E-state index contributed by atoms with van der Waals surface area (Å²) in [7, 11) is 0. The van der Waals surface area contributed by atoms with E-state index >= 15 is 0 Å². The Bertz CT molecular complexity index is 497. The highest BCUT2D eigenvalue weighted by Crippen LogP contribution is 2.12. The normalized spacial score (nSPS) is 11.7. The fourth-order valence-electron chi connectivity index (χ4n) is 1.65. The SMILES string of the molecule is C=CCCC(NC(=O)Cc1c(F)cccc1F)C(=O)O. The van der Waals surface area contributed by atoms with E-state index in [9.17, 15) is 18.4 Å². The predicted molar refractivity (Wildman–Crippen MR) is 69.1 cm³/mol. The fourth-order valence-corrected chi connectivity index (χ4v) is 1.65. The number of carbonyl (C=O) groups is 2. The molecule has 20 heavy (non-hydrogen) atoms. The third-order valence-electron chi connectivity index (χ3n) is 2.69. The number of carbonyl (C=O) groups excluding carboxylic acids is 1. The topological polar surface area (TPSA) is 66.4 Å². The summed E-state index contributed by atoms with van der Waals surface area (Å²) in [5, 5.41) is 11.2. The van der Waals surface area contributed by atoms with Gasteiger partial charge >= 0.3 is 5.97 Å². The van der Waals surface area contributed by atoms with Crippen LogP contribution in [0.25, 0.3) is 0 Å². The molecule has 0 aliphatic heterocycles. The molecule has 0 radical (unpaired) electrons. The molecule has 0 spiro atoms. The molecule has 1 aromatic carbocycles. The van der Waals surface area contributed by atoms with Crippen LogP contribution >= 0.6 is 0 Å². The van der Waals surface area contributed by atoms with Crippen LogP contribution in [-0.4, -0.2) is 23.0 Å². The molecule has 2 N–H and O–H groups in total. The minimum atomic E-state index is -1.20. The van der Waals surface area contributed by atoms with Crippen LogP contribution in [0, 0.1) is 11.6 Å². The van der Waals surface area contributed by atoms with Crippen LogP contribution < -0.4 is 5.32 Å². The molecule has 0 aromatic heterocycles. The largest absolute Gasteiger partial charge is 0.480 e. The van der Waals surface area contributed by atoms with E-state index in [1.54, 1.807) is 0 Å². The Hall–Kier alpha value is -2.24. The van der Waals surface area contributed by atoms with Gasteiger partial charge in [0, 0.05) is 5.56 Å². The summed E-state index contributed by atoms with van der Waals surface area (Å²) in [6.07, 6.45) is 1.56. The Morgan fingerprint density at radius 2 is 1.95 bits per heavy atom. The van der Waals surface area contributed by atoms with Crippen LogP contribution in [0.2, 0.25) is 0 Å². The van der Waals surface area contributed by atoms with Gasteiger partial charge in [0.15, 0.2) is 0 Å². The van der Waals surface area contributed by atoms with Crippen molar-refractivity contribution in [2.45, 2.75) is 25.3 Å². The summed E-state index contributed by atoms with van der Waals surface area (Å²) >= 11 is 0. The minimum absolute atomic E-state index is 0.171. The third kappa shape index (κ3) is 4.46. The summed E-state index contributed by atoms with van der Waals surface area (Å²) in [6.45, 7) is 3.46. The Labute approximate surface area is 115 Å². The van der Waals surface area contributed by atoms with Gasteiger partial charge < -0.3 is 10.4 Å². The molecular weight excluding hydrogens is 268 g/mol. The number of nitrogens with one attached hydrogen (secondary N) is 1. The second kappa shape index (κ2) is 7.37. The Morgan fingerprint density at radius 1 is 1.35 bits per heavy atom. The standard InChI is InChI=1S/C14H15F2NO3/c1-2-3-7-12(14(19)20)17-13(18)8-9-10(15)5-4-6-11(9)16/h2,4-6,12H,1,3,7-8H2,(H,17,18)(H,19,20). The van der Waals surface area contributed by atoms with Crippen molar-refractivity contribution in [3.63, 3.8) is 0 Å². The quantitative estimate of drug-likeness (QED) is 0.753. The summed E-state index contributed by atoms with van der Waals surface area (Å²) in [5.74, 6) is -3.61. The molecule has 4 nitrogen and oxygen atoms in total. The van der Waals surface area contributed by atoms with Crippen molar-refractivity contribution in [3.8, 4) is 0 Å². The summed E-state index contributed by atoms with van der Waals surface area (Å²) in [4.78, 5) is 22.6. The van der Waals surface area contributed by atoms with Crippen LogP contribution in [0.3, 0.4) is 0 Å². The van der Waals surface area contributed by atoms with Gasteiger partial charge in [-0.3, -0.25) is 4.79 Å². The zero-order valence-electron chi connectivity index (χ0n) is 10.7. The molecule has 0 aliphatic rings. The van der Waals surface area contributed by atoms with Gasteiger partial charge in [-0.2, -0.15) is 0 Å². The highest BCUT2D eigenvalue weighted by molar-refractivity contribution is 5.84. The van der Waals surface area contributed by atoms with E-state index in [1.807, 2.05) is 0 Å². The van der Waals surface area contributed by atoms with E-state index < -0.39 is 36.0 Å². The van der Waals surface area contributed by atoms with Gasteiger partial charge in [0.25, 0.3) is 0 Å². The van der Waals surface area contributed by atoms with Crippen LogP contribution in [0.1, 0.15) is 18.4 Å². The Balaban J connectivity index is 2.70. The molecular formula is C14H15F2NO3. The maximum absolute atomic E-state index is 13.4. The highest BCUT2D eigenvalue weighted by atomic mass is 19.1. The van der Waals surface area contributed by atoms with Crippen LogP contribution in [0.5, 0.6) is 0 Å². The van der Waals surface area contributed by atoms with E-state index in [0.29, 0.717) is 6.42 Å². The molecule has 1 unspecified atom stereocenters. The molecule has 0 saturated carbocycles. The molecule has 0 saturated heterocycles.